The molecule has 15 heavy (non-hydrogen) atoms. The molecular weight excluding hydrogens is 192 g/mol. The maximum absolute atomic E-state index is 5.36. The summed E-state index contributed by atoms with van der Waals surface area (Å²) in [5.74, 6) is 1.56. The molecule has 0 amide bonds. The van der Waals surface area contributed by atoms with Gasteiger partial charge in [0.05, 0.1) is 6.20 Å². The highest BCUT2D eigenvalue weighted by atomic mass is 16.5. The highest BCUT2D eigenvalue weighted by Crippen LogP contribution is 2.21. The molecule has 0 spiro atoms. The van der Waals surface area contributed by atoms with Crippen molar-refractivity contribution in [1.82, 2.24) is 4.98 Å². The summed E-state index contributed by atoms with van der Waals surface area (Å²) >= 11 is 0. The number of benzene rings is 1. The fourth-order valence-electron chi connectivity index (χ4n) is 1.25. The van der Waals surface area contributed by atoms with Gasteiger partial charge in [-0.25, -0.2) is 4.98 Å². The quantitative estimate of drug-likeness (QED) is 0.823. The highest BCUT2D eigenvalue weighted by molar-refractivity contribution is 5.57. The molecule has 0 atom stereocenters. The predicted octanol–water partition coefficient (Wildman–Crippen LogP) is 1.68. The molecule has 0 bridgehead atoms. The van der Waals surface area contributed by atoms with Crippen LogP contribution in [-0.4, -0.2) is 18.1 Å². The van der Waals surface area contributed by atoms with Crippen molar-refractivity contribution in [2.75, 3.05) is 13.2 Å². The summed E-state index contributed by atoms with van der Waals surface area (Å²) in [5, 5.41) is 0. The van der Waals surface area contributed by atoms with Crippen LogP contribution in [0.2, 0.25) is 0 Å². The smallest absolute Gasteiger partial charge is 0.181 e. The molecule has 0 aliphatic carbocycles. The van der Waals surface area contributed by atoms with Gasteiger partial charge >= 0.3 is 0 Å². The van der Waals surface area contributed by atoms with Gasteiger partial charge in [0, 0.05) is 12.1 Å². The largest absolute Gasteiger partial charge is 0.492 e. The minimum atomic E-state index is 0.518. The van der Waals surface area contributed by atoms with E-state index in [1.54, 1.807) is 6.20 Å². The predicted molar refractivity (Wildman–Crippen MR) is 56.5 cm³/mol. The topological polar surface area (TPSA) is 61.3 Å². The molecule has 1 aromatic carbocycles. The molecule has 0 fully saturated rings. The Kier molecular flexibility index (Phi) is 2.99. The van der Waals surface area contributed by atoms with Crippen molar-refractivity contribution in [3.8, 4) is 17.1 Å². The Hall–Kier alpha value is -1.81. The van der Waals surface area contributed by atoms with Crippen molar-refractivity contribution < 1.29 is 9.15 Å². The zero-order valence-corrected chi connectivity index (χ0v) is 8.22. The van der Waals surface area contributed by atoms with Gasteiger partial charge in [0.25, 0.3) is 0 Å². The summed E-state index contributed by atoms with van der Waals surface area (Å²) in [5.41, 5.74) is 6.31. The Labute approximate surface area is 87.7 Å². The van der Waals surface area contributed by atoms with Crippen LogP contribution in [0.1, 0.15) is 0 Å². The molecule has 0 saturated heterocycles. The molecule has 2 rings (SSSR count). The van der Waals surface area contributed by atoms with Gasteiger partial charge in [-0.3, -0.25) is 0 Å². The van der Waals surface area contributed by atoms with Crippen LogP contribution in [0.3, 0.4) is 0 Å². The summed E-state index contributed by atoms with van der Waals surface area (Å²) in [6.45, 7) is 1.05. The van der Waals surface area contributed by atoms with Gasteiger partial charge in [0.15, 0.2) is 12.2 Å². The molecule has 0 aliphatic heterocycles. The number of hydrogen-bond acceptors (Lipinski definition) is 4. The molecule has 4 nitrogen and oxygen atoms in total. The van der Waals surface area contributed by atoms with Crippen molar-refractivity contribution in [3.05, 3.63) is 36.9 Å². The lowest BCUT2D eigenvalue weighted by Gasteiger charge is -2.04. The summed E-state index contributed by atoms with van der Waals surface area (Å²) in [6.07, 6.45) is 3.09. The van der Waals surface area contributed by atoms with Crippen LogP contribution in [0.25, 0.3) is 11.3 Å². The molecule has 1 heterocycles. The fourth-order valence-corrected chi connectivity index (χ4v) is 1.25. The summed E-state index contributed by atoms with van der Waals surface area (Å²) in [7, 11) is 0. The van der Waals surface area contributed by atoms with Gasteiger partial charge in [-0.2, -0.15) is 0 Å². The highest BCUT2D eigenvalue weighted by Gasteiger charge is 2.00. The van der Waals surface area contributed by atoms with Gasteiger partial charge in [-0.15, -0.1) is 0 Å². The average molecular weight is 204 g/mol. The number of hydrogen-bond donors (Lipinski definition) is 1. The third-order valence-corrected chi connectivity index (χ3v) is 1.96. The maximum Gasteiger partial charge on any atom is 0.181 e. The minimum Gasteiger partial charge on any atom is -0.492 e. The van der Waals surface area contributed by atoms with Crippen molar-refractivity contribution in [3.63, 3.8) is 0 Å². The molecule has 2 aromatic rings. The Morgan fingerprint density at radius 3 is 2.67 bits per heavy atom. The number of nitrogens with two attached hydrogens (primary N) is 1. The first-order valence-corrected chi connectivity index (χ1v) is 4.72. The second kappa shape index (κ2) is 4.61. The van der Waals surface area contributed by atoms with Gasteiger partial charge in [-0.1, -0.05) is 0 Å². The van der Waals surface area contributed by atoms with Gasteiger partial charge in [-0.05, 0) is 24.3 Å². The molecule has 78 valence electrons. The Balaban J connectivity index is 2.11. The van der Waals surface area contributed by atoms with Crippen LogP contribution in [0.5, 0.6) is 5.75 Å². The van der Waals surface area contributed by atoms with E-state index in [-0.39, 0.29) is 0 Å². The second-order valence-corrected chi connectivity index (χ2v) is 3.03. The third-order valence-electron chi connectivity index (χ3n) is 1.96. The lowest BCUT2D eigenvalue weighted by atomic mass is 10.2. The van der Waals surface area contributed by atoms with Crippen LogP contribution in [-0.2, 0) is 0 Å². The Morgan fingerprint density at radius 1 is 1.27 bits per heavy atom. The van der Waals surface area contributed by atoms with E-state index in [9.17, 15) is 0 Å². The first kappa shape index (κ1) is 9.73. The van der Waals surface area contributed by atoms with Crippen molar-refractivity contribution in [2.45, 2.75) is 0 Å². The van der Waals surface area contributed by atoms with E-state index in [2.05, 4.69) is 4.98 Å². The molecule has 4 heteroatoms. The summed E-state index contributed by atoms with van der Waals surface area (Å²) in [4.78, 5) is 3.86. The molecule has 2 N–H and O–H groups in total. The van der Waals surface area contributed by atoms with Crippen LogP contribution in [0.4, 0.5) is 0 Å². The number of aromatic nitrogens is 1. The van der Waals surface area contributed by atoms with E-state index in [0.717, 1.165) is 17.1 Å². The fraction of sp³-hybridized carbons (Fsp3) is 0.182. The second-order valence-electron chi connectivity index (χ2n) is 3.03. The zero-order chi connectivity index (χ0) is 10.5. The Bertz CT molecular complexity index is 395. The van der Waals surface area contributed by atoms with Gasteiger partial charge in [0.1, 0.15) is 12.4 Å². The minimum absolute atomic E-state index is 0.518. The summed E-state index contributed by atoms with van der Waals surface area (Å²) in [6, 6.07) is 7.61. The van der Waals surface area contributed by atoms with E-state index in [4.69, 9.17) is 14.9 Å². The SMILES string of the molecule is NCCOc1ccc(-c2cnco2)cc1. The normalized spacial score (nSPS) is 10.2. The molecular formula is C11H12N2O2. The van der Waals surface area contributed by atoms with Crippen LogP contribution < -0.4 is 10.5 Å². The molecule has 0 aliphatic rings. The number of nitrogens with zero attached hydrogens (tertiary/aromatic N) is 1. The molecule has 0 radical (unpaired) electrons. The first-order valence-electron chi connectivity index (χ1n) is 4.72. The monoisotopic (exact) mass is 204 g/mol. The zero-order valence-electron chi connectivity index (χ0n) is 8.22. The van der Waals surface area contributed by atoms with E-state index >= 15 is 0 Å². The van der Waals surface area contributed by atoms with E-state index in [0.29, 0.717) is 13.2 Å². The standard InChI is InChI=1S/C11H12N2O2/c12-5-6-14-10-3-1-9(2-4-10)11-7-13-8-15-11/h1-4,7-8H,5-6,12H2. The molecule has 0 saturated carbocycles. The third kappa shape index (κ3) is 2.35. The van der Waals surface area contributed by atoms with Gasteiger partial charge < -0.3 is 14.9 Å². The van der Waals surface area contributed by atoms with E-state index in [1.165, 1.54) is 6.39 Å². The van der Waals surface area contributed by atoms with Crippen LogP contribution in [0, 0.1) is 0 Å². The first-order chi connectivity index (χ1) is 7.40. The lowest BCUT2D eigenvalue weighted by molar-refractivity contribution is 0.328. The van der Waals surface area contributed by atoms with Crippen molar-refractivity contribution >= 4 is 0 Å². The van der Waals surface area contributed by atoms with E-state index < -0.39 is 0 Å². The molecule has 1 aromatic heterocycles. The number of rotatable bonds is 4. The van der Waals surface area contributed by atoms with Crippen molar-refractivity contribution in [2.24, 2.45) is 5.73 Å². The van der Waals surface area contributed by atoms with E-state index in [1.807, 2.05) is 24.3 Å². The number of ether oxygens (including phenoxy) is 1. The van der Waals surface area contributed by atoms with Crippen LogP contribution >= 0.6 is 0 Å². The van der Waals surface area contributed by atoms with Crippen LogP contribution in [0.15, 0.2) is 41.3 Å². The van der Waals surface area contributed by atoms with Gasteiger partial charge in [0.2, 0.25) is 0 Å². The van der Waals surface area contributed by atoms with Crippen molar-refractivity contribution in [1.29, 1.82) is 0 Å². The lowest BCUT2D eigenvalue weighted by Crippen LogP contribution is -2.10. The number of oxazole rings is 1. The summed E-state index contributed by atoms with van der Waals surface area (Å²) < 4.78 is 10.5. The maximum atomic E-state index is 5.36. The average Bonchev–Trinajstić information content (AvgIpc) is 2.80. The Morgan fingerprint density at radius 2 is 2.07 bits per heavy atom. The molecule has 0 unspecified atom stereocenters.